The molecule has 2 rings (SSSR count). The molecule has 1 aliphatic heterocycles. The largest absolute Gasteiger partial charge is 0.465 e. The predicted molar refractivity (Wildman–Crippen MR) is 77.8 cm³/mol. The predicted octanol–water partition coefficient (Wildman–Crippen LogP) is 1.64. The lowest BCUT2D eigenvalue weighted by molar-refractivity contribution is 0.0600. The highest BCUT2D eigenvalue weighted by atomic mass is 35.5. The Morgan fingerprint density at radius 3 is 2.26 bits per heavy atom. The van der Waals surface area contributed by atoms with Crippen LogP contribution in [0.1, 0.15) is 15.9 Å². The summed E-state index contributed by atoms with van der Waals surface area (Å²) in [5.74, 6) is -0.277. The summed E-state index contributed by atoms with van der Waals surface area (Å²) < 4.78 is 4.68. The van der Waals surface area contributed by atoms with Crippen molar-refractivity contribution in [3.8, 4) is 0 Å². The van der Waals surface area contributed by atoms with E-state index in [1.54, 1.807) is 0 Å². The van der Waals surface area contributed by atoms with Crippen molar-refractivity contribution in [1.82, 2.24) is 9.80 Å². The van der Waals surface area contributed by atoms with Gasteiger partial charge in [0.25, 0.3) is 0 Å². The molecule has 1 aliphatic rings. The van der Waals surface area contributed by atoms with Crippen molar-refractivity contribution in [3.05, 3.63) is 35.4 Å². The Morgan fingerprint density at radius 1 is 1.16 bits per heavy atom. The fourth-order valence-electron chi connectivity index (χ4n) is 2.13. The van der Waals surface area contributed by atoms with Crippen LogP contribution in [0.3, 0.4) is 0 Å². The highest BCUT2D eigenvalue weighted by Gasteiger charge is 2.14. The van der Waals surface area contributed by atoms with Gasteiger partial charge in [-0.3, -0.25) is 4.90 Å². The Bertz CT molecular complexity index is 400. The van der Waals surface area contributed by atoms with Crippen molar-refractivity contribution in [2.45, 2.75) is 6.54 Å². The smallest absolute Gasteiger partial charge is 0.337 e. The van der Waals surface area contributed by atoms with Gasteiger partial charge in [0, 0.05) is 32.7 Å². The van der Waals surface area contributed by atoms with Crippen LogP contribution < -0.4 is 0 Å². The number of esters is 1. The lowest BCUT2D eigenvalue weighted by Gasteiger charge is -2.32. The van der Waals surface area contributed by atoms with Gasteiger partial charge in [-0.2, -0.15) is 0 Å². The molecule has 0 spiro atoms. The Labute approximate surface area is 120 Å². The molecule has 1 aromatic carbocycles. The number of nitrogens with zero attached hydrogens (tertiary/aromatic N) is 2. The third-order valence-electron chi connectivity index (χ3n) is 3.38. The molecule has 1 fully saturated rings. The monoisotopic (exact) mass is 284 g/mol. The Hall–Kier alpha value is -1.10. The zero-order valence-corrected chi connectivity index (χ0v) is 12.3. The third kappa shape index (κ3) is 4.49. The molecule has 0 radical (unpaired) electrons. The number of likely N-dealkylation sites (N-methyl/N-ethyl adjacent to an activating group) is 1. The van der Waals surface area contributed by atoms with Gasteiger partial charge in [-0.1, -0.05) is 12.1 Å². The van der Waals surface area contributed by atoms with E-state index >= 15 is 0 Å². The minimum Gasteiger partial charge on any atom is -0.465 e. The van der Waals surface area contributed by atoms with Gasteiger partial charge in [-0.25, -0.2) is 4.79 Å². The van der Waals surface area contributed by atoms with E-state index in [1.165, 1.54) is 12.7 Å². The Morgan fingerprint density at radius 2 is 1.74 bits per heavy atom. The van der Waals surface area contributed by atoms with Crippen LogP contribution in [-0.4, -0.2) is 56.1 Å². The van der Waals surface area contributed by atoms with Crippen molar-refractivity contribution in [2.75, 3.05) is 40.3 Å². The summed E-state index contributed by atoms with van der Waals surface area (Å²) in [6, 6.07) is 7.67. The molecule has 0 saturated carbocycles. The van der Waals surface area contributed by atoms with E-state index in [2.05, 4.69) is 21.6 Å². The number of halogens is 1. The Balaban J connectivity index is 0.00000180. The number of carbonyl (C=O) groups is 1. The van der Waals surface area contributed by atoms with Crippen LogP contribution in [-0.2, 0) is 11.3 Å². The second kappa shape index (κ2) is 7.48. The first-order chi connectivity index (χ1) is 8.69. The number of hydrogen-bond acceptors (Lipinski definition) is 4. The topological polar surface area (TPSA) is 32.8 Å². The quantitative estimate of drug-likeness (QED) is 0.790. The molecule has 5 heteroatoms. The van der Waals surface area contributed by atoms with E-state index in [0.717, 1.165) is 32.7 Å². The molecule has 0 aromatic heterocycles. The number of ether oxygens (including phenoxy) is 1. The fraction of sp³-hybridized carbons (Fsp3) is 0.500. The summed E-state index contributed by atoms with van der Waals surface area (Å²) in [5, 5.41) is 0. The zero-order chi connectivity index (χ0) is 13.0. The molecule has 19 heavy (non-hydrogen) atoms. The van der Waals surface area contributed by atoms with Crippen LogP contribution >= 0.6 is 12.4 Å². The van der Waals surface area contributed by atoms with Crippen molar-refractivity contribution < 1.29 is 9.53 Å². The lowest BCUT2D eigenvalue weighted by Crippen LogP contribution is -2.43. The molecular weight excluding hydrogens is 264 g/mol. The minimum absolute atomic E-state index is 0. The maximum atomic E-state index is 11.3. The van der Waals surface area contributed by atoms with Crippen molar-refractivity contribution >= 4 is 18.4 Å². The normalized spacial score (nSPS) is 16.7. The summed E-state index contributed by atoms with van der Waals surface area (Å²) in [6.07, 6.45) is 0. The summed E-state index contributed by atoms with van der Waals surface area (Å²) >= 11 is 0. The van der Waals surface area contributed by atoms with Crippen LogP contribution in [0.25, 0.3) is 0 Å². The van der Waals surface area contributed by atoms with Gasteiger partial charge in [0.05, 0.1) is 12.7 Å². The van der Waals surface area contributed by atoms with Crippen LogP contribution in [0.15, 0.2) is 24.3 Å². The molecular formula is C14H21ClN2O2. The van der Waals surface area contributed by atoms with Crippen molar-refractivity contribution in [2.24, 2.45) is 0 Å². The number of rotatable bonds is 3. The van der Waals surface area contributed by atoms with Gasteiger partial charge in [0.1, 0.15) is 0 Å². The van der Waals surface area contributed by atoms with Crippen molar-refractivity contribution in [1.29, 1.82) is 0 Å². The number of carbonyl (C=O) groups excluding carboxylic acids is 1. The summed E-state index contributed by atoms with van der Waals surface area (Å²) in [7, 11) is 3.56. The molecule has 0 unspecified atom stereocenters. The van der Waals surface area contributed by atoms with Crippen LogP contribution in [0.2, 0.25) is 0 Å². The van der Waals surface area contributed by atoms with Crippen LogP contribution in [0.5, 0.6) is 0 Å². The van der Waals surface area contributed by atoms with E-state index < -0.39 is 0 Å². The number of piperazine rings is 1. The number of benzene rings is 1. The Kier molecular flexibility index (Phi) is 6.28. The molecule has 0 amide bonds. The average molecular weight is 285 g/mol. The summed E-state index contributed by atoms with van der Waals surface area (Å²) in [4.78, 5) is 16.1. The molecule has 1 heterocycles. The van der Waals surface area contributed by atoms with E-state index in [1.807, 2.05) is 24.3 Å². The van der Waals surface area contributed by atoms with Gasteiger partial charge < -0.3 is 9.64 Å². The molecule has 1 saturated heterocycles. The second-order valence-corrected chi connectivity index (χ2v) is 4.77. The highest BCUT2D eigenvalue weighted by molar-refractivity contribution is 5.89. The highest BCUT2D eigenvalue weighted by Crippen LogP contribution is 2.10. The van der Waals surface area contributed by atoms with Gasteiger partial charge >= 0.3 is 5.97 Å². The first-order valence-corrected chi connectivity index (χ1v) is 6.27. The van der Waals surface area contributed by atoms with E-state index in [4.69, 9.17) is 0 Å². The first-order valence-electron chi connectivity index (χ1n) is 6.27. The maximum absolute atomic E-state index is 11.3. The first kappa shape index (κ1) is 16.0. The average Bonchev–Trinajstić information content (AvgIpc) is 2.41. The standard InChI is InChI=1S/C14H20N2O2.ClH/c1-15-7-9-16(10-8-15)11-12-3-5-13(6-4-12)14(17)18-2;/h3-6H,7-11H2,1-2H3;1H. The molecule has 1 aromatic rings. The van der Waals surface area contributed by atoms with E-state index in [0.29, 0.717) is 5.56 Å². The van der Waals surface area contributed by atoms with Gasteiger partial charge in [0.15, 0.2) is 0 Å². The number of methoxy groups -OCH3 is 1. The fourth-order valence-corrected chi connectivity index (χ4v) is 2.13. The third-order valence-corrected chi connectivity index (χ3v) is 3.38. The van der Waals surface area contributed by atoms with Crippen LogP contribution in [0.4, 0.5) is 0 Å². The van der Waals surface area contributed by atoms with Gasteiger partial charge in [-0.05, 0) is 24.7 Å². The second-order valence-electron chi connectivity index (χ2n) is 4.77. The molecule has 0 aliphatic carbocycles. The van der Waals surface area contributed by atoms with Gasteiger partial charge in [-0.15, -0.1) is 12.4 Å². The number of hydrogen-bond donors (Lipinski definition) is 0. The summed E-state index contributed by atoms with van der Waals surface area (Å²) in [6.45, 7) is 5.42. The lowest BCUT2D eigenvalue weighted by atomic mass is 10.1. The van der Waals surface area contributed by atoms with Crippen molar-refractivity contribution in [3.63, 3.8) is 0 Å². The molecule has 0 atom stereocenters. The maximum Gasteiger partial charge on any atom is 0.337 e. The molecule has 4 nitrogen and oxygen atoms in total. The van der Waals surface area contributed by atoms with Crippen LogP contribution in [0, 0.1) is 0 Å². The van der Waals surface area contributed by atoms with E-state index in [-0.39, 0.29) is 18.4 Å². The molecule has 0 N–H and O–H groups in total. The van der Waals surface area contributed by atoms with E-state index in [9.17, 15) is 4.79 Å². The molecule has 106 valence electrons. The summed E-state index contributed by atoms with van der Waals surface area (Å²) in [5.41, 5.74) is 1.85. The zero-order valence-electron chi connectivity index (χ0n) is 11.5. The minimum atomic E-state index is -0.277. The van der Waals surface area contributed by atoms with Gasteiger partial charge in [0.2, 0.25) is 0 Å². The SMILES string of the molecule is COC(=O)c1ccc(CN2CCN(C)CC2)cc1.Cl. The molecule has 0 bridgehead atoms.